The second-order valence-corrected chi connectivity index (χ2v) is 9.70. The number of hydrogen-bond donors (Lipinski definition) is 4. The molecule has 1 aromatic rings. The lowest BCUT2D eigenvalue weighted by Gasteiger charge is -2.27. The van der Waals surface area contributed by atoms with Crippen molar-refractivity contribution in [3.63, 3.8) is 0 Å². The van der Waals surface area contributed by atoms with Crippen molar-refractivity contribution in [1.29, 1.82) is 0 Å². The van der Waals surface area contributed by atoms with E-state index in [-0.39, 0.29) is 55.2 Å². The molecule has 0 radical (unpaired) electrons. The molecule has 204 valence electrons. The number of nitrogens with zero attached hydrogens (tertiary/aromatic N) is 1. The van der Waals surface area contributed by atoms with Crippen molar-refractivity contribution < 1.29 is 28.7 Å². The molecule has 1 aromatic carbocycles. The van der Waals surface area contributed by atoms with Crippen LogP contribution in [-0.2, 0) is 19.1 Å². The number of rotatable bonds is 6. The molecule has 0 aromatic heterocycles. The maximum absolute atomic E-state index is 13.1. The Bertz CT molecular complexity index is 934. The predicted octanol–water partition coefficient (Wildman–Crippen LogP) is 0.0531. The molecule has 0 spiro atoms. The van der Waals surface area contributed by atoms with Crippen molar-refractivity contribution in [2.24, 2.45) is 5.92 Å². The van der Waals surface area contributed by atoms with Crippen LogP contribution >= 0.6 is 0 Å². The van der Waals surface area contributed by atoms with Gasteiger partial charge in [0.05, 0.1) is 25.3 Å². The van der Waals surface area contributed by atoms with Gasteiger partial charge in [0.1, 0.15) is 24.4 Å². The molecule has 3 rings (SSSR count). The first-order valence-electron chi connectivity index (χ1n) is 13.0. The first-order valence-corrected chi connectivity index (χ1v) is 13.0. The molecule has 11 heteroatoms. The van der Waals surface area contributed by atoms with Gasteiger partial charge in [-0.1, -0.05) is 26.0 Å². The molecule has 4 N–H and O–H groups in total. The highest BCUT2D eigenvalue weighted by atomic mass is 16.5. The van der Waals surface area contributed by atoms with Gasteiger partial charge in [0.15, 0.2) is 0 Å². The molecule has 2 atom stereocenters. The summed E-state index contributed by atoms with van der Waals surface area (Å²) in [7, 11) is 0. The minimum absolute atomic E-state index is 0.0259. The predicted molar refractivity (Wildman–Crippen MR) is 137 cm³/mol. The zero-order chi connectivity index (χ0) is 26.6. The van der Waals surface area contributed by atoms with E-state index < -0.39 is 18.0 Å². The van der Waals surface area contributed by atoms with Crippen LogP contribution in [0.2, 0.25) is 0 Å². The van der Waals surface area contributed by atoms with Crippen molar-refractivity contribution in [2.45, 2.75) is 45.2 Å². The minimum atomic E-state index is -0.932. The van der Waals surface area contributed by atoms with Gasteiger partial charge in [-0.15, -0.1) is 0 Å². The number of carbonyl (C=O) groups is 4. The zero-order valence-corrected chi connectivity index (χ0v) is 21.7. The van der Waals surface area contributed by atoms with Gasteiger partial charge in [-0.05, 0) is 30.9 Å². The summed E-state index contributed by atoms with van der Waals surface area (Å²) in [5.41, 5.74) is 0.275. The maximum atomic E-state index is 13.1. The summed E-state index contributed by atoms with van der Waals surface area (Å²) in [6.07, 6.45) is 0.533. The normalized spacial score (nSPS) is 22.4. The molecule has 11 nitrogen and oxygen atoms in total. The van der Waals surface area contributed by atoms with E-state index in [0.29, 0.717) is 38.5 Å². The van der Waals surface area contributed by atoms with E-state index in [1.165, 1.54) is 0 Å². The van der Waals surface area contributed by atoms with Crippen molar-refractivity contribution >= 4 is 23.6 Å². The monoisotopic (exact) mass is 517 g/mol. The van der Waals surface area contributed by atoms with Gasteiger partial charge in [-0.2, -0.15) is 0 Å². The van der Waals surface area contributed by atoms with Crippen LogP contribution in [0.15, 0.2) is 24.3 Å². The van der Waals surface area contributed by atoms with E-state index in [9.17, 15) is 19.2 Å². The van der Waals surface area contributed by atoms with E-state index in [1.54, 1.807) is 24.3 Å². The minimum Gasteiger partial charge on any atom is -0.491 e. The average Bonchev–Trinajstić information content (AvgIpc) is 2.88. The fraction of sp³-hybridized carbons (Fsp3) is 0.615. The number of morpholine rings is 1. The summed E-state index contributed by atoms with van der Waals surface area (Å²) in [6.45, 7) is 8.32. The van der Waals surface area contributed by atoms with E-state index in [2.05, 4.69) is 26.2 Å². The maximum Gasteiger partial charge on any atom is 0.255 e. The van der Waals surface area contributed by atoms with Crippen LogP contribution in [0.5, 0.6) is 5.75 Å². The van der Waals surface area contributed by atoms with Crippen molar-refractivity contribution in [3.05, 3.63) is 29.8 Å². The molecule has 1 saturated heterocycles. The molecule has 2 heterocycles. The first-order chi connectivity index (χ1) is 17.8. The van der Waals surface area contributed by atoms with Crippen LogP contribution < -0.4 is 26.0 Å². The van der Waals surface area contributed by atoms with Gasteiger partial charge in [0.2, 0.25) is 17.7 Å². The summed E-state index contributed by atoms with van der Waals surface area (Å²) in [5.74, 6) is -0.948. The summed E-state index contributed by atoms with van der Waals surface area (Å²) in [5, 5.41) is 11.2. The third kappa shape index (κ3) is 9.32. The fourth-order valence-electron chi connectivity index (χ4n) is 4.27. The quantitative estimate of drug-likeness (QED) is 0.418. The average molecular weight is 518 g/mol. The van der Waals surface area contributed by atoms with Gasteiger partial charge < -0.3 is 30.7 Å². The lowest BCUT2D eigenvalue weighted by atomic mass is 10.0. The Kier molecular flexibility index (Phi) is 11.2. The van der Waals surface area contributed by atoms with Crippen LogP contribution in [0, 0.1) is 5.92 Å². The Hall–Kier alpha value is -3.18. The topological polar surface area (TPSA) is 138 Å². The number of benzene rings is 1. The zero-order valence-electron chi connectivity index (χ0n) is 21.7. The summed E-state index contributed by atoms with van der Waals surface area (Å²) in [6, 6.07) is 5.10. The second kappa shape index (κ2) is 14.5. The van der Waals surface area contributed by atoms with E-state index in [1.807, 2.05) is 13.8 Å². The Morgan fingerprint density at radius 2 is 1.86 bits per heavy atom. The number of nitrogens with one attached hydrogen (secondary N) is 4. The van der Waals surface area contributed by atoms with Gasteiger partial charge >= 0.3 is 0 Å². The van der Waals surface area contributed by atoms with Crippen molar-refractivity contribution in [2.75, 3.05) is 52.5 Å². The number of amides is 4. The number of hydrogen-bond acceptors (Lipinski definition) is 7. The molecule has 37 heavy (non-hydrogen) atoms. The number of carbonyl (C=O) groups excluding carboxylic acids is 4. The number of ether oxygens (including phenoxy) is 2. The van der Waals surface area contributed by atoms with Crippen LogP contribution in [-0.4, -0.2) is 93.2 Å². The Morgan fingerprint density at radius 1 is 1.11 bits per heavy atom. The van der Waals surface area contributed by atoms with E-state index in [4.69, 9.17) is 9.47 Å². The van der Waals surface area contributed by atoms with Crippen LogP contribution in [0.1, 0.15) is 43.5 Å². The molecular formula is C26H39N5O6. The van der Waals surface area contributed by atoms with Crippen LogP contribution in [0.25, 0.3) is 0 Å². The first kappa shape index (κ1) is 28.4. The number of para-hydroxylation sites is 1. The Morgan fingerprint density at radius 3 is 2.62 bits per heavy atom. The highest BCUT2D eigenvalue weighted by Crippen LogP contribution is 2.18. The van der Waals surface area contributed by atoms with Crippen molar-refractivity contribution in [3.8, 4) is 5.75 Å². The second-order valence-electron chi connectivity index (χ2n) is 9.70. The molecule has 2 aliphatic rings. The lowest BCUT2D eigenvalue weighted by Crippen LogP contribution is -2.50. The van der Waals surface area contributed by atoms with Gasteiger partial charge in [-0.25, -0.2) is 0 Å². The highest BCUT2D eigenvalue weighted by molar-refractivity contribution is 5.99. The highest BCUT2D eigenvalue weighted by Gasteiger charge is 2.27. The fourth-order valence-corrected chi connectivity index (χ4v) is 4.27. The Balaban J connectivity index is 1.73. The molecular weight excluding hydrogens is 478 g/mol. The lowest BCUT2D eigenvalue weighted by molar-refractivity contribution is -0.130. The number of fused-ring (bicyclic) bond motifs is 1. The van der Waals surface area contributed by atoms with Gasteiger partial charge in [0, 0.05) is 32.6 Å². The molecule has 0 aliphatic carbocycles. The van der Waals surface area contributed by atoms with E-state index >= 15 is 0 Å². The van der Waals surface area contributed by atoms with Gasteiger partial charge in [0.25, 0.3) is 5.91 Å². The summed E-state index contributed by atoms with van der Waals surface area (Å²) in [4.78, 5) is 53.9. The molecule has 0 unspecified atom stereocenters. The smallest absolute Gasteiger partial charge is 0.255 e. The third-order valence-electron chi connectivity index (χ3n) is 6.26. The Labute approximate surface area is 218 Å². The molecule has 4 amide bonds. The third-order valence-corrected chi connectivity index (χ3v) is 6.26. The van der Waals surface area contributed by atoms with Gasteiger partial charge in [-0.3, -0.25) is 24.1 Å². The molecule has 0 bridgehead atoms. The largest absolute Gasteiger partial charge is 0.491 e. The standard InChI is InChI=1S/C26H39N5O6/c1-18(2)17-21-26(35)28-10-14-37-22-6-4-3-5-19(22)24(33)30-20(7-8-23(32)29-21)25(34)27-9-11-31-12-15-36-16-13-31/h3-6,18,20-21H,7-17H2,1-2H3,(H,27,34)(H,28,35)(H,29,32)(H,30,33)/t20-,21-/m0/s1. The summed E-state index contributed by atoms with van der Waals surface area (Å²) >= 11 is 0. The van der Waals surface area contributed by atoms with E-state index in [0.717, 1.165) is 13.1 Å². The summed E-state index contributed by atoms with van der Waals surface area (Å²) < 4.78 is 11.1. The molecule has 2 aliphatic heterocycles. The molecule has 1 fully saturated rings. The SMILES string of the molecule is CC(C)C[C@@H]1NC(=O)CC[C@@H](C(=O)NCCN2CCOCC2)NC(=O)c2ccccc2OCCNC1=O. The molecule has 0 saturated carbocycles. The van der Waals surface area contributed by atoms with Crippen molar-refractivity contribution in [1.82, 2.24) is 26.2 Å². The van der Waals surface area contributed by atoms with Crippen LogP contribution in [0.3, 0.4) is 0 Å². The van der Waals surface area contributed by atoms with Crippen LogP contribution in [0.4, 0.5) is 0 Å².